The lowest BCUT2D eigenvalue weighted by atomic mass is 9.88. The lowest BCUT2D eigenvalue weighted by Gasteiger charge is -2.25. The number of aryl methyl sites for hydroxylation is 1. The van der Waals surface area contributed by atoms with Gasteiger partial charge in [-0.15, -0.1) is 11.3 Å². The molecule has 2 aliphatic rings. The summed E-state index contributed by atoms with van der Waals surface area (Å²) in [6, 6.07) is -0.465. The van der Waals surface area contributed by atoms with Gasteiger partial charge in [-0.1, -0.05) is 0 Å². The minimum Gasteiger partial charge on any atom is -0.483 e. The lowest BCUT2D eigenvalue weighted by molar-refractivity contribution is -0.143. The van der Waals surface area contributed by atoms with E-state index in [0.29, 0.717) is 29.1 Å². The van der Waals surface area contributed by atoms with E-state index in [-0.39, 0.29) is 35.2 Å². The van der Waals surface area contributed by atoms with Crippen LogP contribution in [0.2, 0.25) is 0 Å². The average molecular weight is 500 g/mol. The Morgan fingerprint density at radius 3 is 2.59 bits per heavy atom. The van der Waals surface area contributed by atoms with E-state index in [1.807, 2.05) is 0 Å². The van der Waals surface area contributed by atoms with Crippen LogP contribution in [0.25, 0.3) is 5.57 Å². The van der Waals surface area contributed by atoms with Crippen molar-refractivity contribution >= 4 is 40.6 Å². The maximum absolute atomic E-state index is 13.4. The van der Waals surface area contributed by atoms with Crippen LogP contribution in [0, 0.1) is 12.8 Å². The Labute approximate surface area is 197 Å². The number of carbonyl (C=O) groups is 2. The topological polar surface area (TPSA) is 114 Å². The number of hydrogen-bond acceptors (Lipinski definition) is 8. The molecule has 13 heteroatoms. The van der Waals surface area contributed by atoms with E-state index < -0.39 is 29.8 Å². The largest absolute Gasteiger partial charge is 0.483 e. The van der Waals surface area contributed by atoms with Gasteiger partial charge in [-0.25, -0.2) is 14.8 Å². The number of dihydropyridines is 1. The molecule has 0 saturated carbocycles. The number of thiazole rings is 1. The molecule has 2 N–H and O–H groups in total. The molecule has 2 amide bonds. The molecule has 0 aromatic carbocycles. The minimum absolute atomic E-state index is 0.0276. The van der Waals surface area contributed by atoms with Gasteiger partial charge in [-0.2, -0.15) is 13.2 Å². The molecule has 34 heavy (non-hydrogen) atoms. The van der Waals surface area contributed by atoms with Gasteiger partial charge in [0.25, 0.3) is 0 Å². The van der Waals surface area contributed by atoms with Crippen molar-refractivity contribution in [2.75, 3.05) is 27.3 Å². The fourth-order valence-electron chi connectivity index (χ4n) is 3.62. The van der Waals surface area contributed by atoms with Crippen LogP contribution < -0.4 is 10.6 Å². The standard InChI is InChI=1S/C21H24F3N5O4S/c1-5-25-20(31)28-15-7-12(18-29-16(10(2)34-18)21(22,23)24)14(9-26-15)11-6-13(19(30)33-4)17(32-3)27-8-11/h8,13H,5-7,9H2,1-4H3,(H2,25,26,28,31). The van der Waals surface area contributed by atoms with E-state index in [4.69, 9.17) is 9.47 Å². The summed E-state index contributed by atoms with van der Waals surface area (Å²) in [6.45, 7) is 3.58. The number of rotatable bonds is 4. The van der Waals surface area contributed by atoms with Crippen molar-refractivity contribution in [2.24, 2.45) is 15.9 Å². The second-order valence-corrected chi connectivity index (χ2v) is 8.61. The van der Waals surface area contributed by atoms with Crippen LogP contribution in [0.4, 0.5) is 18.0 Å². The van der Waals surface area contributed by atoms with Gasteiger partial charge in [0.15, 0.2) is 5.69 Å². The molecule has 0 aliphatic carbocycles. The number of aromatic nitrogens is 1. The molecule has 0 radical (unpaired) electrons. The SMILES string of the molecule is CCNC(=O)NC1=NCC(C2=CN=C(OC)C(C(=O)OC)C2)=C(c2nc(C(F)(F)F)c(C)s2)C1. The molecule has 0 bridgehead atoms. The highest BCUT2D eigenvalue weighted by Crippen LogP contribution is 2.40. The first-order valence-electron chi connectivity index (χ1n) is 10.3. The van der Waals surface area contributed by atoms with Crippen molar-refractivity contribution in [3.8, 4) is 0 Å². The highest BCUT2D eigenvalue weighted by atomic mass is 32.1. The number of esters is 1. The number of urea groups is 1. The van der Waals surface area contributed by atoms with Crippen LogP contribution in [-0.4, -0.2) is 56.0 Å². The van der Waals surface area contributed by atoms with E-state index in [9.17, 15) is 22.8 Å². The predicted octanol–water partition coefficient (Wildman–Crippen LogP) is 3.47. The minimum atomic E-state index is -4.60. The summed E-state index contributed by atoms with van der Waals surface area (Å²) < 4.78 is 50.3. The van der Waals surface area contributed by atoms with Crippen LogP contribution in [0.15, 0.2) is 27.3 Å². The van der Waals surface area contributed by atoms with E-state index in [2.05, 4.69) is 25.6 Å². The van der Waals surface area contributed by atoms with Crippen LogP contribution in [0.5, 0.6) is 0 Å². The molecule has 9 nitrogen and oxygen atoms in total. The van der Waals surface area contributed by atoms with Crippen molar-refractivity contribution in [1.82, 2.24) is 15.6 Å². The number of nitrogens with one attached hydrogen (secondary N) is 2. The molecule has 0 saturated heterocycles. The molecule has 1 aromatic rings. The molecule has 1 atom stereocenters. The zero-order valence-electron chi connectivity index (χ0n) is 19.0. The van der Waals surface area contributed by atoms with Crippen LogP contribution in [0.3, 0.4) is 0 Å². The average Bonchev–Trinajstić information content (AvgIpc) is 3.20. The second-order valence-electron chi connectivity index (χ2n) is 7.41. The molecule has 0 spiro atoms. The predicted molar refractivity (Wildman–Crippen MR) is 121 cm³/mol. The van der Waals surface area contributed by atoms with Gasteiger partial charge in [0, 0.05) is 29.6 Å². The third kappa shape index (κ3) is 5.46. The summed E-state index contributed by atoms with van der Waals surface area (Å²) in [5, 5.41) is 5.38. The number of ether oxygens (including phenoxy) is 2. The first-order chi connectivity index (χ1) is 16.1. The van der Waals surface area contributed by atoms with Gasteiger partial charge in [0.1, 0.15) is 16.8 Å². The number of hydrogen-bond donors (Lipinski definition) is 2. The highest BCUT2D eigenvalue weighted by Gasteiger charge is 2.38. The maximum Gasteiger partial charge on any atom is 0.434 e. The molecular formula is C21H24F3N5O4S. The Morgan fingerprint density at radius 2 is 2.00 bits per heavy atom. The number of amides is 2. The summed E-state index contributed by atoms with van der Waals surface area (Å²) >= 11 is 0.912. The smallest absolute Gasteiger partial charge is 0.434 e. The van der Waals surface area contributed by atoms with Gasteiger partial charge in [0.2, 0.25) is 5.90 Å². The third-order valence-electron chi connectivity index (χ3n) is 5.21. The number of nitrogens with zero attached hydrogens (tertiary/aromatic N) is 3. The summed E-state index contributed by atoms with van der Waals surface area (Å²) in [7, 11) is 2.64. The Balaban J connectivity index is 2.05. The maximum atomic E-state index is 13.4. The van der Waals surface area contributed by atoms with Gasteiger partial charge in [-0.05, 0) is 31.4 Å². The Morgan fingerprint density at radius 1 is 1.26 bits per heavy atom. The second kappa shape index (κ2) is 10.4. The van der Waals surface area contributed by atoms with Gasteiger partial charge in [0.05, 0.1) is 20.8 Å². The Hall–Kier alpha value is -3.22. The summed E-state index contributed by atoms with van der Waals surface area (Å²) in [4.78, 5) is 36.7. The molecule has 1 aromatic heterocycles. The molecular weight excluding hydrogens is 475 g/mol. The fourth-order valence-corrected chi connectivity index (χ4v) is 4.63. The Bertz CT molecular complexity index is 1100. The summed E-state index contributed by atoms with van der Waals surface area (Å²) in [6.07, 6.45) is -2.86. The van der Waals surface area contributed by atoms with E-state index in [1.165, 1.54) is 27.3 Å². The lowest BCUT2D eigenvalue weighted by Crippen LogP contribution is -2.40. The zero-order chi connectivity index (χ0) is 25.0. The normalized spacial score (nSPS) is 18.6. The number of aliphatic imine (C=N–C) groups is 2. The summed E-state index contributed by atoms with van der Waals surface area (Å²) in [5.41, 5.74) is 0.728. The van der Waals surface area contributed by atoms with Gasteiger partial charge < -0.3 is 14.8 Å². The third-order valence-corrected chi connectivity index (χ3v) is 6.24. The van der Waals surface area contributed by atoms with Crippen molar-refractivity contribution in [3.05, 3.63) is 32.9 Å². The summed E-state index contributed by atoms with van der Waals surface area (Å²) in [5.74, 6) is -0.865. The van der Waals surface area contributed by atoms with Crippen LogP contribution in [-0.2, 0) is 20.4 Å². The van der Waals surface area contributed by atoms with Crippen molar-refractivity contribution < 1.29 is 32.2 Å². The number of carbonyl (C=O) groups excluding carboxylic acids is 2. The first kappa shape index (κ1) is 25.4. The number of methoxy groups -OCH3 is 2. The fraction of sp³-hybridized carbons (Fsp3) is 0.476. The van der Waals surface area contributed by atoms with Crippen molar-refractivity contribution in [3.63, 3.8) is 0 Å². The number of halogens is 3. The first-order valence-corrected chi connectivity index (χ1v) is 11.1. The molecule has 184 valence electrons. The van der Waals surface area contributed by atoms with Crippen LogP contribution >= 0.6 is 11.3 Å². The van der Waals surface area contributed by atoms with Gasteiger partial charge in [-0.3, -0.25) is 15.1 Å². The van der Waals surface area contributed by atoms with Crippen molar-refractivity contribution in [2.45, 2.75) is 32.9 Å². The molecule has 3 heterocycles. The van der Waals surface area contributed by atoms with E-state index in [1.54, 1.807) is 6.92 Å². The van der Waals surface area contributed by atoms with Crippen LogP contribution in [0.1, 0.15) is 35.3 Å². The van der Waals surface area contributed by atoms with Gasteiger partial charge >= 0.3 is 18.2 Å². The van der Waals surface area contributed by atoms with Crippen molar-refractivity contribution in [1.29, 1.82) is 0 Å². The number of alkyl halides is 3. The number of amidine groups is 1. The molecule has 0 fully saturated rings. The Kier molecular flexibility index (Phi) is 7.75. The van der Waals surface area contributed by atoms with E-state index in [0.717, 1.165) is 11.3 Å². The van der Waals surface area contributed by atoms with E-state index >= 15 is 0 Å². The highest BCUT2D eigenvalue weighted by molar-refractivity contribution is 7.12. The molecule has 1 unspecified atom stereocenters. The molecule has 2 aliphatic heterocycles. The quantitative estimate of drug-likeness (QED) is 0.616. The molecule has 3 rings (SSSR count). The monoisotopic (exact) mass is 499 g/mol. The zero-order valence-corrected chi connectivity index (χ0v) is 19.8.